The number of nitrogens with zero attached hydrogens (tertiary/aromatic N) is 1. The van der Waals surface area contributed by atoms with Gasteiger partial charge < -0.3 is 31.2 Å². The number of aromatic hydroxyl groups is 1. The van der Waals surface area contributed by atoms with E-state index in [4.69, 9.17) is 16.2 Å². The molecule has 1 aromatic carbocycles. The Bertz CT molecular complexity index is 1040. The number of rotatable bonds is 4. The summed E-state index contributed by atoms with van der Waals surface area (Å²) in [5.74, 6) is 0.627. The van der Waals surface area contributed by atoms with Crippen molar-refractivity contribution in [3.63, 3.8) is 0 Å². The van der Waals surface area contributed by atoms with Crippen molar-refractivity contribution in [2.45, 2.75) is 44.2 Å². The van der Waals surface area contributed by atoms with Crippen LogP contribution in [0.4, 0.5) is 5.82 Å². The molecule has 0 radical (unpaired) electrons. The number of ether oxygens (including phenoxy) is 1. The average Bonchev–Trinajstić information content (AvgIpc) is 3.02. The Balaban J connectivity index is 1.69. The fourth-order valence-corrected chi connectivity index (χ4v) is 5.28. The van der Waals surface area contributed by atoms with Crippen LogP contribution in [-0.4, -0.2) is 46.2 Å². The van der Waals surface area contributed by atoms with Crippen LogP contribution in [0.2, 0.25) is 0 Å². The second-order valence-corrected chi connectivity index (χ2v) is 8.83. The van der Waals surface area contributed by atoms with Crippen LogP contribution in [0, 0.1) is 6.92 Å². The van der Waals surface area contributed by atoms with Gasteiger partial charge in [0.15, 0.2) is 0 Å². The smallest absolute Gasteiger partial charge is 0.246 e. The minimum absolute atomic E-state index is 0.00254. The van der Waals surface area contributed by atoms with Crippen molar-refractivity contribution in [3.8, 4) is 5.75 Å². The second-order valence-electron chi connectivity index (χ2n) is 8.83. The normalized spacial score (nSPS) is 26.0. The van der Waals surface area contributed by atoms with Crippen molar-refractivity contribution < 1.29 is 14.6 Å². The molecule has 2 aliphatic rings. The zero-order valence-electron chi connectivity index (χ0n) is 18.0. The molecule has 2 aromatic rings. The number of anilines is 1. The van der Waals surface area contributed by atoms with Crippen LogP contribution in [0.1, 0.15) is 42.1 Å². The van der Waals surface area contributed by atoms with Crippen LogP contribution >= 0.6 is 0 Å². The zero-order chi connectivity index (χ0) is 22.3. The van der Waals surface area contributed by atoms with E-state index in [1.165, 1.54) is 6.08 Å². The molecule has 164 valence electrons. The molecule has 0 saturated carbocycles. The van der Waals surface area contributed by atoms with E-state index in [2.05, 4.69) is 18.5 Å². The van der Waals surface area contributed by atoms with Gasteiger partial charge in [-0.05, 0) is 49.6 Å². The Kier molecular flexibility index (Phi) is 5.31. The summed E-state index contributed by atoms with van der Waals surface area (Å²) < 4.78 is 5.75. The van der Waals surface area contributed by atoms with Gasteiger partial charge in [-0.3, -0.25) is 4.79 Å². The third kappa shape index (κ3) is 3.59. The summed E-state index contributed by atoms with van der Waals surface area (Å²) >= 11 is 0. The van der Waals surface area contributed by atoms with Crippen LogP contribution in [0.5, 0.6) is 5.75 Å². The number of aromatic nitrogens is 1. The fourth-order valence-electron chi connectivity index (χ4n) is 5.28. The number of phenols is 1. The molecular weight excluding hydrogens is 392 g/mol. The third-order valence-corrected chi connectivity index (χ3v) is 6.66. The van der Waals surface area contributed by atoms with Crippen molar-refractivity contribution in [3.05, 3.63) is 59.3 Å². The predicted octanol–water partition coefficient (Wildman–Crippen LogP) is 2.90. The van der Waals surface area contributed by atoms with Gasteiger partial charge in [-0.15, -0.1) is 0 Å². The number of benzene rings is 1. The summed E-state index contributed by atoms with van der Waals surface area (Å²) in [7, 11) is 0. The number of carbonyl (C=O) groups excluding carboxylic acids is 1. The number of nitrogen functional groups attached to an aromatic ring is 1. The number of aromatic amines is 1. The lowest BCUT2D eigenvalue weighted by molar-refractivity contribution is -0.149. The van der Waals surface area contributed by atoms with E-state index in [0.29, 0.717) is 30.3 Å². The second kappa shape index (κ2) is 7.81. The molecule has 0 spiro atoms. The molecule has 3 heterocycles. The molecule has 6 N–H and O–H groups in total. The van der Waals surface area contributed by atoms with Gasteiger partial charge in [0.05, 0.1) is 25.3 Å². The summed E-state index contributed by atoms with van der Waals surface area (Å²) in [5, 5.41) is 10.1. The summed E-state index contributed by atoms with van der Waals surface area (Å²) in [6.45, 7) is 8.95. The van der Waals surface area contributed by atoms with Crippen LogP contribution in [0.3, 0.4) is 0 Å². The minimum atomic E-state index is -0.189. The lowest BCUT2D eigenvalue weighted by Crippen LogP contribution is -2.61. The Morgan fingerprint density at radius 2 is 1.97 bits per heavy atom. The fraction of sp³-hybridized carbons (Fsp3) is 0.375. The molecule has 2 saturated heterocycles. The Morgan fingerprint density at radius 1 is 1.32 bits per heavy atom. The molecule has 2 unspecified atom stereocenters. The number of phenolic OH excluding ortho intramolecular Hbond substituents is 1. The van der Waals surface area contributed by atoms with Crippen LogP contribution < -0.4 is 11.5 Å². The number of carbonyl (C=O) groups is 1. The van der Waals surface area contributed by atoms with Crippen molar-refractivity contribution >= 4 is 23.5 Å². The highest BCUT2D eigenvalue weighted by Gasteiger charge is 2.48. The number of H-pyrrole nitrogens is 1. The summed E-state index contributed by atoms with van der Waals surface area (Å²) in [5.41, 5.74) is 16.4. The summed E-state index contributed by atoms with van der Waals surface area (Å²) in [6, 6.07) is 6.96. The number of piperidine rings is 1. The number of nitrogens with one attached hydrogen (secondary N) is 1. The first-order valence-electron chi connectivity index (χ1n) is 10.5. The number of fused-ring (bicyclic) bond motifs is 2. The predicted molar refractivity (Wildman–Crippen MR) is 122 cm³/mol. The number of nitrogens with two attached hydrogens (primary N) is 2. The van der Waals surface area contributed by atoms with Gasteiger partial charge in [0.1, 0.15) is 11.6 Å². The number of morpholine rings is 1. The number of para-hydroxylation sites is 1. The van der Waals surface area contributed by atoms with Gasteiger partial charge >= 0.3 is 0 Å². The first kappa shape index (κ1) is 21.1. The molecule has 7 nitrogen and oxygen atoms in total. The number of amides is 1. The van der Waals surface area contributed by atoms with E-state index in [9.17, 15) is 9.90 Å². The molecule has 31 heavy (non-hydrogen) atoms. The molecule has 2 bridgehead atoms. The monoisotopic (exact) mass is 422 g/mol. The molecule has 2 atom stereocenters. The molecular formula is C24H30N4O3. The van der Waals surface area contributed by atoms with Gasteiger partial charge in [0, 0.05) is 27.9 Å². The van der Waals surface area contributed by atoms with Gasteiger partial charge in [0.2, 0.25) is 5.91 Å². The van der Waals surface area contributed by atoms with Crippen molar-refractivity contribution in [1.29, 1.82) is 0 Å². The average molecular weight is 423 g/mol. The first-order valence-corrected chi connectivity index (χ1v) is 10.5. The Morgan fingerprint density at radius 3 is 2.58 bits per heavy atom. The zero-order valence-corrected chi connectivity index (χ0v) is 18.0. The molecule has 1 aromatic heterocycles. The maximum absolute atomic E-state index is 12.4. The van der Waals surface area contributed by atoms with E-state index in [1.807, 2.05) is 24.0 Å². The van der Waals surface area contributed by atoms with Crippen LogP contribution in [0.15, 0.2) is 36.9 Å². The number of hydrogen-bond donors (Lipinski definition) is 4. The molecule has 1 amide bonds. The largest absolute Gasteiger partial charge is 0.507 e. The standard InChI is InChI=1S/C24H30N4O3/c1-4-21(30)28-15-10-24(3,11-16(28)13-31-12-15)22-14(2)18(23(26)27-22)9-19(25)17-7-5-6-8-20(17)29/h4-9,15-16,27,29H,1,10-13,25-26H2,2-3H3/b19-9-. The Hall–Kier alpha value is -3.19. The van der Waals surface area contributed by atoms with Gasteiger partial charge in [-0.1, -0.05) is 25.6 Å². The van der Waals surface area contributed by atoms with E-state index >= 15 is 0 Å². The highest BCUT2D eigenvalue weighted by molar-refractivity contribution is 5.88. The molecule has 7 heteroatoms. The van der Waals surface area contributed by atoms with E-state index in [0.717, 1.165) is 29.7 Å². The van der Waals surface area contributed by atoms with E-state index in [1.54, 1.807) is 18.2 Å². The molecule has 2 aliphatic heterocycles. The number of hydrogen-bond acceptors (Lipinski definition) is 5. The minimum Gasteiger partial charge on any atom is -0.507 e. The maximum Gasteiger partial charge on any atom is 0.246 e. The third-order valence-electron chi connectivity index (χ3n) is 6.66. The highest BCUT2D eigenvalue weighted by Crippen LogP contribution is 2.45. The highest BCUT2D eigenvalue weighted by atomic mass is 16.5. The van der Waals surface area contributed by atoms with E-state index in [-0.39, 0.29) is 29.2 Å². The topological polar surface area (TPSA) is 118 Å². The quantitative estimate of drug-likeness (QED) is 0.565. The maximum atomic E-state index is 12.4. The molecule has 0 aliphatic carbocycles. The van der Waals surface area contributed by atoms with Crippen LogP contribution in [0.25, 0.3) is 11.8 Å². The van der Waals surface area contributed by atoms with Crippen LogP contribution in [-0.2, 0) is 14.9 Å². The summed E-state index contributed by atoms with van der Waals surface area (Å²) in [6.07, 6.45) is 4.73. The van der Waals surface area contributed by atoms with Crippen molar-refractivity contribution in [2.24, 2.45) is 5.73 Å². The van der Waals surface area contributed by atoms with Crippen molar-refractivity contribution in [1.82, 2.24) is 9.88 Å². The lowest BCUT2D eigenvalue weighted by Gasteiger charge is -2.52. The Labute approximate surface area is 182 Å². The molecule has 4 rings (SSSR count). The molecule has 2 fully saturated rings. The van der Waals surface area contributed by atoms with E-state index < -0.39 is 0 Å². The lowest BCUT2D eigenvalue weighted by atomic mass is 9.70. The SMILES string of the molecule is C=CC(=O)N1C2COCC1CC(C)(c1[nH]c(N)c(/C=C(\N)c3ccccc3O)c1C)C2. The van der Waals surface area contributed by atoms with Crippen molar-refractivity contribution in [2.75, 3.05) is 18.9 Å². The first-order chi connectivity index (χ1) is 14.7. The van der Waals surface area contributed by atoms with Gasteiger partial charge in [-0.25, -0.2) is 0 Å². The van der Waals surface area contributed by atoms with Gasteiger partial charge in [-0.2, -0.15) is 0 Å². The van der Waals surface area contributed by atoms with Gasteiger partial charge in [0.25, 0.3) is 0 Å². The summed E-state index contributed by atoms with van der Waals surface area (Å²) in [4.78, 5) is 17.7.